The zero-order chi connectivity index (χ0) is 25.4. The highest BCUT2D eigenvalue weighted by atomic mass is 16.5. The largest absolute Gasteiger partial charge is 0.490 e. The molecule has 0 spiro atoms. The van der Waals surface area contributed by atoms with Gasteiger partial charge in [-0.3, -0.25) is 4.79 Å². The lowest BCUT2D eigenvalue weighted by Gasteiger charge is -2.31. The van der Waals surface area contributed by atoms with Gasteiger partial charge in [-0.25, -0.2) is 14.5 Å². The molecule has 1 atom stereocenters. The van der Waals surface area contributed by atoms with Gasteiger partial charge in [-0.15, -0.1) is 0 Å². The highest BCUT2D eigenvalue weighted by Gasteiger charge is 2.31. The molecule has 0 aliphatic carbocycles. The first-order valence-corrected chi connectivity index (χ1v) is 11.9. The third-order valence-corrected chi connectivity index (χ3v) is 6.50. The molecule has 37 heavy (non-hydrogen) atoms. The van der Waals surface area contributed by atoms with Crippen LogP contribution in [0.15, 0.2) is 55.1 Å². The number of aromatic nitrogens is 4. The molecule has 11 heteroatoms. The van der Waals surface area contributed by atoms with Crippen molar-refractivity contribution in [2.75, 3.05) is 38.3 Å². The van der Waals surface area contributed by atoms with Gasteiger partial charge in [-0.2, -0.15) is 10.4 Å². The molecule has 0 saturated carbocycles. The number of carbonyl (C=O) groups is 1. The molecule has 1 unspecified atom stereocenters. The van der Waals surface area contributed by atoms with Gasteiger partial charge in [0, 0.05) is 31.4 Å². The Morgan fingerprint density at radius 3 is 3.00 bits per heavy atom. The zero-order valence-corrected chi connectivity index (χ0v) is 20.1. The molecule has 11 nitrogen and oxygen atoms in total. The Balaban J connectivity index is 1.19. The van der Waals surface area contributed by atoms with Gasteiger partial charge in [0.05, 0.1) is 44.0 Å². The van der Waals surface area contributed by atoms with Crippen LogP contribution in [-0.2, 0) is 0 Å². The summed E-state index contributed by atoms with van der Waals surface area (Å²) in [6, 6.07) is 11.3. The molecule has 2 aliphatic rings. The van der Waals surface area contributed by atoms with Crippen molar-refractivity contribution in [1.29, 1.82) is 5.26 Å². The Labute approximate surface area is 212 Å². The lowest BCUT2D eigenvalue weighted by Crippen LogP contribution is -2.31. The fraction of sp³-hybridized carbons (Fsp3) is 0.269. The lowest BCUT2D eigenvalue weighted by atomic mass is 10.2. The lowest BCUT2D eigenvalue weighted by molar-refractivity contribution is 0.0774. The van der Waals surface area contributed by atoms with Crippen LogP contribution in [0.1, 0.15) is 22.3 Å². The summed E-state index contributed by atoms with van der Waals surface area (Å²) in [5.74, 6) is 1.58. The number of rotatable bonds is 5. The molecule has 6 rings (SSSR count). The minimum Gasteiger partial charge on any atom is -0.490 e. The summed E-state index contributed by atoms with van der Waals surface area (Å²) in [7, 11) is 1.49. The number of fused-ring (bicyclic) bond motifs is 2. The third-order valence-electron chi connectivity index (χ3n) is 6.50. The average Bonchev–Trinajstić information content (AvgIpc) is 3.59. The number of amides is 1. The number of hydrogen-bond donors (Lipinski definition) is 0. The number of likely N-dealkylation sites (tertiary alicyclic amines) is 1. The maximum Gasteiger partial charge on any atom is 0.259 e. The van der Waals surface area contributed by atoms with Crippen molar-refractivity contribution in [2.45, 2.75) is 12.5 Å². The van der Waals surface area contributed by atoms with Crippen LogP contribution in [0.4, 0.5) is 11.4 Å². The van der Waals surface area contributed by atoms with E-state index >= 15 is 0 Å². The molecular weight excluding hydrogens is 474 g/mol. The van der Waals surface area contributed by atoms with Gasteiger partial charge in [0.1, 0.15) is 41.4 Å². The van der Waals surface area contributed by atoms with Crippen LogP contribution in [0.25, 0.3) is 5.65 Å². The van der Waals surface area contributed by atoms with E-state index in [0.717, 1.165) is 17.1 Å². The number of methoxy groups -OCH3 is 1. The fourth-order valence-electron chi connectivity index (χ4n) is 4.72. The molecule has 1 saturated heterocycles. The quantitative estimate of drug-likeness (QED) is 0.410. The Morgan fingerprint density at radius 2 is 2.14 bits per heavy atom. The predicted octanol–water partition coefficient (Wildman–Crippen LogP) is 2.83. The third kappa shape index (κ3) is 4.12. The number of pyridine rings is 1. The Bertz CT molecular complexity index is 1530. The normalized spacial score (nSPS) is 16.7. The van der Waals surface area contributed by atoms with E-state index in [1.807, 2.05) is 23.1 Å². The highest BCUT2D eigenvalue weighted by Crippen LogP contribution is 2.40. The van der Waals surface area contributed by atoms with Gasteiger partial charge < -0.3 is 24.0 Å². The summed E-state index contributed by atoms with van der Waals surface area (Å²) in [4.78, 5) is 25.5. The van der Waals surface area contributed by atoms with E-state index in [2.05, 4.69) is 21.1 Å². The first-order valence-electron chi connectivity index (χ1n) is 11.9. The predicted molar refractivity (Wildman–Crippen MR) is 132 cm³/mol. The SMILES string of the molecule is COc1ncc(N2CCOc3ccc(OC4CCN(C(=O)c5cnn6cccnc56)C4)cc32)cc1C#N. The van der Waals surface area contributed by atoms with Crippen molar-refractivity contribution < 1.29 is 19.0 Å². The van der Waals surface area contributed by atoms with Crippen molar-refractivity contribution >= 4 is 22.9 Å². The van der Waals surface area contributed by atoms with E-state index < -0.39 is 0 Å². The first-order chi connectivity index (χ1) is 18.1. The molecule has 1 amide bonds. The van der Waals surface area contributed by atoms with Crippen molar-refractivity contribution in [3.63, 3.8) is 0 Å². The summed E-state index contributed by atoms with van der Waals surface area (Å²) < 4.78 is 18.9. The maximum atomic E-state index is 13.1. The summed E-state index contributed by atoms with van der Waals surface area (Å²) in [6.07, 6.45) is 7.21. The van der Waals surface area contributed by atoms with E-state index in [1.54, 1.807) is 46.3 Å². The van der Waals surface area contributed by atoms with Crippen molar-refractivity contribution in [3.8, 4) is 23.4 Å². The number of nitrogens with zero attached hydrogens (tertiary/aromatic N) is 7. The number of hydrogen-bond acceptors (Lipinski definition) is 9. The van der Waals surface area contributed by atoms with Crippen LogP contribution in [0, 0.1) is 11.3 Å². The average molecular weight is 498 g/mol. The van der Waals surface area contributed by atoms with Crippen LogP contribution in [0.2, 0.25) is 0 Å². The molecule has 186 valence electrons. The van der Waals surface area contributed by atoms with E-state index in [0.29, 0.717) is 55.2 Å². The minimum absolute atomic E-state index is 0.106. The number of carbonyl (C=O) groups excluding carboxylic acids is 1. The molecule has 2 aliphatic heterocycles. The van der Waals surface area contributed by atoms with Crippen molar-refractivity contribution in [1.82, 2.24) is 24.5 Å². The molecular formula is C26H23N7O4. The van der Waals surface area contributed by atoms with Gasteiger partial charge in [0.15, 0.2) is 5.65 Å². The topological polar surface area (TPSA) is 118 Å². The molecule has 0 radical (unpaired) electrons. The second-order valence-electron chi connectivity index (χ2n) is 8.72. The van der Waals surface area contributed by atoms with E-state index in [-0.39, 0.29) is 17.9 Å². The van der Waals surface area contributed by atoms with Gasteiger partial charge >= 0.3 is 0 Å². The maximum absolute atomic E-state index is 13.1. The second-order valence-corrected chi connectivity index (χ2v) is 8.72. The molecule has 1 fully saturated rings. The number of ether oxygens (including phenoxy) is 3. The number of benzene rings is 1. The van der Waals surface area contributed by atoms with Gasteiger partial charge in [0.2, 0.25) is 5.88 Å². The van der Waals surface area contributed by atoms with E-state index in [9.17, 15) is 10.1 Å². The molecule has 5 heterocycles. The summed E-state index contributed by atoms with van der Waals surface area (Å²) in [5.41, 5.74) is 2.96. The van der Waals surface area contributed by atoms with E-state index in [1.165, 1.54) is 7.11 Å². The first kappa shape index (κ1) is 22.6. The number of anilines is 2. The van der Waals surface area contributed by atoms with Crippen molar-refractivity contribution in [2.24, 2.45) is 0 Å². The fourth-order valence-corrected chi connectivity index (χ4v) is 4.72. The molecule has 1 aromatic carbocycles. The zero-order valence-electron chi connectivity index (χ0n) is 20.1. The molecule has 4 aromatic rings. The Hall–Kier alpha value is -4.85. The van der Waals surface area contributed by atoms with Gasteiger partial charge in [-0.05, 0) is 24.3 Å². The van der Waals surface area contributed by atoms with Crippen LogP contribution in [-0.4, -0.2) is 69.8 Å². The molecule has 0 N–H and O–H groups in total. The molecule has 0 bridgehead atoms. The van der Waals surface area contributed by atoms with E-state index in [4.69, 9.17) is 14.2 Å². The Kier molecular flexibility index (Phi) is 5.69. The summed E-state index contributed by atoms with van der Waals surface area (Å²) in [6.45, 7) is 2.14. The second kappa shape index (κ2) is 9.31. The smallest absolute Gasteiger partial charge is 0.259 e. The Morgan fingerprint density at radius 1 is 1.22 bits per heavy atom. The summed E-state index contributed by atoms with van der Waals surface area (Å²) >= 11 is 0. The standard InChI is InChI=1S/C26H23N7O4/c1-35-25-17(13-27)11-18(14-29-25)32-9-10-36-23-4-3-19(12-22(23)32)37-20-5-8-31(16-20)26(34)21-15-30-33-7-2-6-28-24(21)33/h2-4,6-7,11-12,14-15,20H,5,8-10,16H2,1H3. The van der Waals surface area contributed by atoms with Crippen molar-refractivity contribution in [3.05, 3.63) is 66.2 Å². The highest BCUT2D eigenvalue weighted by molar-refractivity contribution is 5.99. The van der Waals surface area contributed by atoms with Gasteiger partial charge in [0.25, 0.3) is 5.91 Å². The molecule has 3 aromatic heterocycles. The number of nitriles is 1. The minimum atomic E-state index is -0.150. The van der Waals surface area contributed by atoms with Crippen LogP contribution >= 0.6 is 0 Å². The van der Waals surface area contributed by atoms with Crippen LogP contribution < -0.4 is 19.1 Å². The monoisotopic (exact) mass is 497 g/mol. The van der Waals surface area contributed by atoms with Crippen LogP contribution in [0.3, 0.4) is 0 Å². The van der Waals surface area contributed by atoms with Gasteiger partial charge in [-0.1, -0.05) is 0 Å². The summed E-state index contributed by atoms with van der Waals surface area (Å²) in [5, 5.41) is 13.7. The van der Waals surface area contributed by atoms with Crippen LogP contribution in [0.5, 0.6) is 17.4 Å².